The van der Waals surface area contributed by atoms with Crippen molar-refractivity contribution in [3.05, 3.63) is 96.8 Å². The second kappa shape index (κ2) is 9.40. The number of rotatable bonds is 7. The van der Waals surface area contributed by atoms with Crippen molar-refractivity contribution in [3.63, 3.8) is 0 Å². The van der Waals surface area contributed by atoms with Gasteiger partial charge in [0.15, 0.2) is 0 Å². The molecule has 0 atom stereocenters. The highest BCUT2D eigenvalue weighted by Crippen LogP contribution is 2.40. The molecule has 0 aliphatic heterocycles. The van der Waals surface area contributed by atoms with E-state index in [1.807, 2.05) is 25.1 Å². The van der Waals surface area contributed by atoms with Gasteiger partial charge in [0.2, 0.25) is 0 Å². The zero-order chi connectivity index (χ0) is 22.5. The number of amides is 1. The number of nitrogens with zero attached hydrogens (tertiary/aromatic N) is 2. The number of hydrogen-bond acceptors (Lipinski definition) is 4. The van der Waals surface area contributed by atoms with E-state index in [0.29, 0.717) is 0 Å². The fraction of sp³-hybridized carbons (Fsp3) is 0.0417. The molecule has 0 aliphatic rings. The van der Waals surface area contributed by atoms with Gasteiger partial charge in [0.05, 0.1) is 0 Å². The Hall–Kier alpha value is -3.71. The smallest absolute Gasteiger partial charge is 0.262 e. The number of hydrogen-bond donors (Lipinski definition) is 1. The van der Waals surface area contributed by atoms with Crippen molar-refractivity contribution < 1.29 is 13.6 Å². The van der Waals surface area contributed by atoms with Crippen molar-refractivity contribution in [2.75, 3.05) is 5.32 Å². The van der Waals surface area contributed by atoms with Crippen molar-refractivity contribution in [2.24, 2.45) is 0 Å². The third kappa shape index (κ3) is 4.90. The fourth-order valence-electron chi connectivity index (χ4n) is 2.84. The molecular formula is C24H19F2N3OS. The van der Waals surface area contributed by atoms with E-state index < -0.39 is 23.1 Å². The Morgan fingerprint density at radius 2 is 1.94 bits per heavy atom. The highest BCUT2D eigenvalue weighted by molar-refractivity contribution is 7.17. The molecule has 3 aromatic heterocycles. The summed E-state index contributed by atoms with van der Waals surface area (Å²) in [7, 11) is 0. The molecule has 4 nitrogen and oxygen atoms in total. The van der Waals surface area contributed by atoms with Gasteiger partial charge in [0.1, 0.15) is 23.0 Å². The lowest BCUT2D eigenvalue weighted by Gasteiger charge is -2.08. The van der Waals surface area contributed by atoms with E-state index in [-0.39, 0.29) is 5.82 Å². The summed E-state index contributed by atoms with van der Waals surface area (Å²) in [5.41, 5.74) is 2.84. The van der Waals surface area contributed by atoms with Crippen LogP contribution in [0.25, 0.3) is 27.1 Å². The molecule has 0 saturated heterocycles. The Balaban J connectivity index is 1.91. The maximum Gasteiger partial charge on any atom is 0.262 e. The minimum absolute atomic E-state index is 0.143. The first-order valence-corrected chi connectivity index (χ1v) is 9.98. The van der Waals surface area contributed by atoms with Gasteiger partial charge >= 0.3 is 0 Å². The van der Waals surface area contributed by atoms with Gasteiger partial charge in [-0.2, -0.15) is 0 Å². The molecule has 0 radical (unpaired) electrons. The molecule has 1 N–H and O–H groups in total. The van der Waals surface area contributed by atoms with E-state index in [1.54, 1.807) is 42.1 Å². The van der Waals surface area contributed by atoms with Crippen LogP contribution in [0.3, 0.4) is 0 Å². The van der Waals surface area contributed by atoms with Crippen molar-refractivity contribution >= 4 is 28.6 Å². The third-order valence-electron chi connectivity index (χ3n) is 4.30. The topological polar surface area (TPSA) is 54.9 Å². The molecule has 31 heavy (non-hydrogen) atoms. The molecule has 3 heterocycles. The van der Waals surface area contributed by atoms with Crippen LogP contribution in [0.5, 0.6) is 0 Å². The van der Waals surface area contributed by atoms with E-state index in [2.05, 4.69) is 35.0 Å². The SMILES string of the molecule is C=CC(F)=C(C(=C)F)C(=O)Nc1ccc(-c2cc(-c3cccnc3)sc2C(=C)C)cn1. The Kier molecular flexibility index (Phi) is 6.67. The number of thiophene rings is 1. The van der Waals surface area contributed by atoms with Crippen LogP contribution in [-0.4, -0.2) is 15.9 Å². The quantitative estimate of drug-likeness (QED) is 0.330. The number of anilines is 1. The minimum Gasteiger partial charge on any atom is -0.306 e. The number of pyridine rings is 2. The zero-order valence-electron chi connectivity index (χ0n) is 16.8. The summed E-state index contributed by atoms with van der Waals surface area (Å²) in [5, 5.41) is 2.37. The van der Waals surface area contributed by atoms with Gasteiger partial charge in [-0.05, 0) is 42.8 Å². The van der Waals surface area contributed by atoms with Crippen LogP contribution in [0, 0.1) is 0 Å². The normalized spacial score (nSPS) is 11.5. The predicted octanol–water partition coefficient (Wildman–Crippen LogP) is 6.74. The molecule has 0 aliphatic carbocycles. The highest BCUT2D eigenvalue weighted by Gasteiger charge is 2.19. The Labute approximate surface area is 183 Å². The molecule has 0 aromatic carbocycles. The lowest BCUT2D eigenvalue weighted by atomic mass is 10.0. The highest BCUT2D eigenvalue weighted by atomic mass is 32.1. The maximum atomic E-state index is 13.7. The Bertz CT molecular complexity index is 1200. The van der Waals surface area contributed by atoms with Crippen LogP contribution in [0.4, 0.5) is 14.6 Å². The second-order valence-electron chi connectivity index (χ2n) is 6.59. The van der Waals surface area contributed by atoms with Gasteiger partial charge in [-0.15, -0.1) is 11.3 Å². The van der Waals surface area contributed by atoms with E-state index in [0.717, 1.165) is 38.1 Å². The van der Waals surface area contributed by atoms with Crippen LogP contribution in [0.2, 0.25) is 0 Å². The molecule has 7 heteroatoms. The van der Waals surface area contributed by atoms with E-state index in [1.165, 1.54) is 0 Å². The van der Waals surface area contributed by atoms with E-state index in [4.69, 9.17) is 0 Å². The number of carbonyl (C=O) groups is 1. The standard InChI is InChI=1S/C24H19F2N3OS/c1-5-19(26)22(15(4)25)24(30)29-21-9-8-16(13-28-21)18-11-20(31-23(18)14(2)3)17-7-6-10-27-12-17/h5-13H,1-2,4H2,3H3,(H,28,29,30). The second-order valence-corrected chi connectivity index (χ2v) is 7.65. The summed E-state index contributed by atoms with van der Waals surface area (Å²) in [4.78, 5) is 22.6. The average Bonchev–Trinajstić information content (AvgIpc) is 3.20. The van der Waals surface area contributed by atoms with Crippen molar-refractivity contribution in [3.8, 4) is 21.6 Å². The Morgan fingerprint density at radius 1 is 1.16 bits per heavy atom. The molecule has 1 amide bonds. The summed E-state index contributed by atoms with van der Waals surface area (Å²) < 4.78 is 27.2. The van der Waals surface area contributed by atoms with Gasteiger partial charge in [0.25, 0.3) is 5.91 Å². The van der Waals surface area contributed by atoms with Gasteiger partial charge < -0.3 is 5.32 Å². The van der Waals surface area contributed by atoms with Crippen LogP contribution in [-0.2, 0) is 4.79 Å². The number of allylic oxidation sites excluding steroid dienone is 3. The first-order chi connectivity index (χ1) is 14.8. The average molecular weight is 435 g/mol. The number of halogens is 2. The van der Waals surface area contributed by atoms with E-state index in [9.17, 15) is 13.6 Å². The fourth-order valence-corrected chi connectivity index (χ4v) is 3.94. The lowest BCUT2D eigenvalue weighted by molar-refractivity contribution is -0.112. The van der Waals surface area contributed by atoms with Gasteiger partial charge in [-0.25, -0.2) is 13.8 Å². The number of aromatic nitrogens is 2. The van der Waals surface area contributed by atoms with Crippen LogP contribution < -0.4 is 5.32 Å². The molecule has 0 fully saturated rings. The van der Waals surface area contributed by atoms with Crippen molar-refractivity contribution in [2.45, 2.75) is 6.92 Å². The number of carbonyl (C=O) groups excluding carboxylic acids is 1. The summed E-state index contributed by atoms with van der Waals surface area (Å²) in [6.07, 6.45) is 5.83. The molecule has 0 unspecified atom stereocenters. The minimum atomic E-state index is -1.20. The van der Waals surface area contributed by atoms with Gasteiger partial charge in [-0.3, -0.25) is 9.78 Å². The van der Waals surface area contributed by atoms with E-state index >= 15 is 0 Å². The summed E-state index contributed by atoms with van der Waals surface area (Å²) >= 11 is 1.60. The van der Waals surface area contributed by atoms with Crippen molar-refractivity contribution in [1.29, 1.82) is 0 Å². The molecular weight excluding hydrogens is 416 g/mol. The van der Waals surface area contributed by atoms with Gasteiger partial charge in [0, 0.05) is 45.0 Å². The molecule has 0 spiro atoms. The largest absolute Gasteiger partial charge is 0.306 e. The molecule has 156 valence electrons. The molecule has 0 saturated carbocycles. The summed E-state index contributed by atoms with van der Waals surface area (Å²) in [6, 6.07) is 9.21. The van der Waals surface area contributed by atoms with Crippen LogP contribution >= 0.6 is 11.3 Å². The van der Waals surface area contributed by atoms with Gasteiger partial charge in [-0.1, -0.05) is 25.8 Å². The summed E-state index contributed by atoms with van der Waals surface area (Å²) in [5.74, 6) is -3.15. The first kappa shape index (κ1) is 22.0. The summed E-state index contributed by atoms with van der Waals surface area (Å²) in [6.45, 7) is 12.2. The zero-order valence-corrected chi connectivity index (χ0v) is 17.6. The van der Waals surface area contributed by atoms with Crippen LogP contribution in [0.1, 0.15) is 11.8 Å². The number of nitrogens with one attached hydrogen (secondary N) is 1. The maximum absolute atomic E-state index is 13.7. The van der Waals surface area contributed by atoms with Crippen LogP contribution in [0.15, 0.2) is 92.0 Å². The van der Waals surface area contributed by atoms with Crippen molar-refractivity contribution in [1.82, 2.24) is 9.97 Å². The molecule has 0 bridgehead atoms. The predicted molar refractivity (Wildman–Crippen MR) is 123 cm³/mol. The molecule has 3 rings (SSSR count). The monoisotopic (exact) mass is 435 g/mol. The lowest BCUT2D eigenvalue weighted by Crippen LogP contribution is -2.16. The third-order valence-corrected chi connectivity index (χ3v) is 5.64. The Morgan fingerprint density at radius 3 is 2.48 bits per heavy atom. The molecule has 3 aromatic rings. The first-order valence-electron chi connectivity index (χ1n) is 9.16.